The van der Waals surface area contributed by atoms with Gasteiger partial charge in [-0.1, -0.05) is 48.0 Å². The number of hydrogen-bond donors (Lipinski definition) is 2. The molecular formula is C25H23ClN2O3S. The second kappa shape index (κ2) is 8.45. The number of aromatic amines is 1. The molecule has 0 radical (unpaired) electrons. The number of carbonyl (C=O) groups excluding carboxylic acids is 1. The van der Waals surface area contributed by atoms with Crippen LogP contribution in [0.1, 0.15) is 40.1 Å². The van der Waals surface area contributed by atoms with Crippen molar-refractivity contribution in [3.8, 4) is 0 Å². The molecule has 0 spiro atoms. The minimum absolute atomic E-state index is 0.00999. The number of rotatable bonds is 5. The molecule has 0 bridgehead atoms. The summed E-state index contributed by atoms with van der Waals surface area (Å²) in [7, 11) is -4.01. The Kier molecular flexibility index (Phi) is 5.84. The van der Waals surface area contributed by atoms with Crippen LogP contribution in [-0.2, 0) is 9.84 Å². The summed E-state index contributed by atoms with van der Waals surface area (Å²) in [6, 6.07) is 19.2. The fraction of sp³-hybridized carbons (Fsp3) is 0.160. The molecule has 1 atom stereocenters. The molecule has 5 nitrogen and oxygen atoms in total. The van der Waals surface area contributed by atoms with E-state index in [1.54, 1.807) is 30.3 Å². The molecule has 0 fully saturated rings. The minimum atomic E-state index is -4.01. The van der Waals surface area contributed by atoms with E-state index in [0.29, 0.717) is 15.9 Å². The first kappa shape index (κ1) is 22.1. The van der Waals surface area contributed by atoms with Crippen LogP contribution < -0.4 is 5.32 Å². The number of hydrogen-bond acceptors (Lipinski definition) is 3. The van der Waals surface area contributed by atoms with E-state index in [0.717, 1.165) is 16.7 Å². The highest BCUT2D eigenvalue weighted by Crippen LogP contribution is 2.34. The monoisotopic (exact) mass is 466 g/mol. The molecule has 7 heteroatoms. The van der Waals surface area contributed by atoms with Gasteiger partial charge in [0.2, 0.25) is 9.84 Å². The average molecular weight is 467 g/mol. The lowest BCUT2D eigenvalue weighted by Crippen LogP contribution is -2.28. The Balaban J connectivity index is 1.87. The van der Waals surface area contributed by atoms with Crippen LogP contribution in [0.25, 0.3) is 10.9 Å². The van der Waals surface area contributed by atoms with Crippen LogP contribution in [0.15, 0.2) is 76.5 Å². The molecule has 0 unspecified atom stereocenters. The van der Waals surface area contributed by atoms with Crippen LogP contribution in [0.2, 0.25) is 5.02 Å². The number of nitrogens with one attached hydrogen (secondary N) is 2. The van der Waals surface area contributed by atoms with E-state index in [4.69, 9.17) is 11.6 Å². The zero-order valence-corrected chi connectivity index (χ0v) is 19.5. The molecule has 4 rings (SSSR count). The number of halogens is 1. The van der Waals surface area contributed by atoms with Crippen LogP contribution in [-0.4, -0.2) is 19.3 Å². The van der Waals surface area contributed by atoms with Gasteiger partial charge in [0, 0.05) is 15.9 Å². The molecule has 2 N–H and O–H groups in total. The van der Waals surface area contributed by atoms with Gasteiger partial charge in [0.15, 0.2) is 0 Å². The number of aryl methyl sites for hydroxylation is 2. The van der Waals surface area contributed by atoms with Crippen LogP contribution in [0.5, 0.6) is 0 Å². The lowest BCUT2D eigenvalue weighted by Gasteiger charge is -2.15. The highest BCUT2D eigenvalue weighted by Gasteiger charge is 2.30. The van der Waals surface area contributed by atoms with Gasteiger partial charge in [0.25, 0.3) is 5.91 Å². The van der Waals surface area contributed by atoms with Crippen molar-refractivity contribution in [3.63, 3.8) is 0 Å². The van der Waals surface area contributed by atoms with Crippen LogP contribution in [0, 0.1) is 13.8 Å². The molecule has 0 aliphatic carbocycles. The lowest BCUT2D eigenvalue weighted by molar-refractivity contribution is 0.0932. The van der Waals surface area contributed by atoms with Crippen molar-refractivity contribution in [1.82, 2.24) is 10.3 Å². The largest absolute Gasteiger partial charge is 0.349 e. The summed E-state index contributed by atoms with van der Waals surface area (Å²) in [4.78, 5) is 16.3. The van der Waals surface area contributed by atoms with Crippen molar-refractivity contribution in [2.75, 3.05) is 0 Å². The Morgan fingerprint density at radius 2 is 1.62 bits per heavy atom. The normalized spacial score (nSPS) is 12.6. The summed E-state index contributed by atoms with van der Waals surface area (Å²) in [6.45, 7) is 5.53. The molecule has 0 aliphatic rings. The Labute approximate surface area is 192 Å². The number of sulfone groups is 1. The van der Waals surface area contributed by atoms with Gasteiger partial charge in [-0.3, -0.25) is 4.79 Å². The smallest absolute Gasteiger partial charge is 0.269 e. The molecule has 164 valence electrons. The van der Waals surface area contributed by atoms with Crippen molar-refractivity contribution >= 4 is 38.2 Å². The van der Waals surface area contributed by atoms with Gasteiger partial charge in [-0.25, -0.2) is 8.42 Å². The van der Waals surface area contributed by atoms with Gasteiger partial charge < -0.3 is 10.3 Å². The summed E-state index contributed by atoms with van der Waals surface area (Å²) >= 11 is 6.18. The molecule has 4 aromatic rings. The number of H-pyrrole nitrogens is 1. The predicted molar refractivity (Wildman–Crippen MR) is 127 cm³/mol. The lowest BCUT2D eigenvalue weighted by atomic mass is 10.1. The highest BCUT2D eigenvalue weighted by molar-refractivity contribution is 7.91. The number of benzene rings is 3. The number of aromatic nitrogens is 1. The molecule has 1 amide bonds. The quantitative estimate of drug-likeness (QED) is 0.392. The van der Waals surface area contributed by atoms with E-state index in [2.05, 4.69) is 10.3 Å². The van der Waals surface area contributed by atoms with E-state index < -0.39 is 15.7 Å². The number of amides is 1. The first-order valence-electron chi connectivity index (χ1n) is 10.2. The van der Waals surface area contributed by atoms with Gasteiger partial charge in [0.05, 0.1) is 10.9 Å². The summed E-state index contributed by atoms with van der Waals surface area (Å²) in [5.74, 6) is -0.503. The molecule has 1 heterocycles. The molecular weight excluding hydrogens is 444 g/mol. The first-order valence-corrected chi connectivity index (χ1v) is 12.0. The van der Waals surface area contributed by atoms with Crippen LogP contribution in [0.3, 0.4) is 0 Å². The third kappa shape index (κ3) is 4.16. The van der Waals surface area contributed by atoms with Crippen LogP contribution in [0.4, 0.5) is 0 Å². The van der Waals surface area contributed by atoms with E-state index in [9.17, 15) is 13.2 Å². The summed E-state index contributed by atoms with van der Waals surface area (Å²) in [6.07, 6.45) is 0. The van der Waals surface area contributed by atoms with Gasteiger partial charge in [0.1, 0.15) is 10.6 Å². The van der Waals surface area contributed by atoms with E-state index in [1.165, 1.54) is 0 Å². The van der Waals surface area contributed by atoms with Crippen LogP contribution >= 0.6 is 11.6 Å². The maximum Gasteiger partial charge on any atom is 0.269 e. The maximum atomic E-state index is 13.8. The molecule has 1 aromatic heterocycles. The summed E-state index contributed by atoms with van der Waals surface area (Å²) in [5.41, 5.74) is 3.08. The second-order valence-electron chi connectivity index (χ2n) is 7.95. The maximum absolute atomic E-state index is 13.8. The van der Waals surface area contributed by atoms with Crippen molar-refractivity contribution in [3.05, 3.63) is 94.1 Å². The standard InChI is InChI=1S/C25H23ClN2O3S/c1-15-11-16(2)13-20(12-15)32(30,31)24-21-14-19(26)9-10-22(21)28-23(24)25(29)27-17(3)18-7-5-4-6-8-18/h4-14,17,28H,1-3H3,(H,27,29)/t17-/m1/s1. The Morgan fingerprint density at radius 3 is 2.28 bits per heavy atom. The fourth-order valence-corrected chi connectivity index (χ4v) is 5.84. The Hall–Kier alpha value is -3.09. The number of carbonyl (C=O) groups is 1. The molecule has 0 saturated heterocycles. The average Bonchev–Trinajstić information content (AvgIpc) is 3.13. The van der Waals surface area contributed by atoms with E-state index in [-0.39, 0.29) is 21.5 Å². The zero-order chi connectivity index (χ0) is 23.0. The molecule has 3 aromatic carbocycles. The zero-order valence-electron chi connectivity index (χ0n) is 17.9. The fourth-order valence-electron chi connectivity index (χ4n) is 3.88. The van der Waals surface area contributed by atoms with E-state index >= 15 is 0 Å². The Morgan fingerprint density at radius 1 is 0.969 bits per heavy atom. The molecule has 0 saturated carbocycles. The van der Waals surface area contributed by atoms with Gasteiger partial charge >= 0.3 is 0 Å². The molecule has 0 aliphatic heterocycles. The van der Waals surface area contributed by atoms with Crippen molar-refractivity contribution in [2.24, 2.45) is 0 Å². The second-order valence-corrected chi connectivity index (χ2v) is 10.3. The SMILES string of the molecule is Cc1cc(C)cc(S(=O)(=O)c2c(C(=O)N[C@H](C)c3ccccc3)[nH]c3ccc(Cl)cc23)c1. The van der Waals surface area contributed by atoms with E-state index in [1.807, 2.05) is 57.2 Å². The highest BCUT2D eigenvalue weighted by atomic mass is 35.5. The first-order chi connectivity index (χ1) is 15.2. The minimum Gasteiger partial charge on any atom is -0.349 e. The van der Waals surface area contributed by atoms with Gasteiger partial charge in [-0.15, -0.1) is 0 Å². The molecule has 32 heavy (non-hydrogen) atoms. The van der Waals surface area contributed by atoms with Crippen molar-refractivity contribution in [1.29, 1.82) is 0 Å². The predicted octanol–water partition coefficient (Wildman–Crippen LogP) is 5.76. The Bertz CT molecular complexity index is 1410. The summed E-state index contributed by atoms with van der Waals surface area (Å²) < 4.78 is 27.5. The van der Waals surface area contributed by atoms with Crippen molar-refractivity contribution < 1.29 is 13.2 Å². The number of fused-ring (bicyclic) bond motifs is 1. The third-order valence-corrected chi connectivity index (χ3v) is 7.41. The van der Waals surface area contributed by atoms with Gasteiger partial charge in [-0.05, 0) is 67.8 Å². The van der Waals surface area contributed by atoms with Crippen molar-refractivity contribution in [2.45, 2.75) is 36.6 Å². The van der Waals surface area contributed by atoms with Gasteiger partial charge in [-0.2, -0.15) is 0 Å². The topological polar surface area (TPSA) is 79.0 Å². The summed E-state index contributed by atoms with van der Waals surface area (Å²) in [5, 5.41) is 3.68. The third-order valence-electron chi connectivity index (χ3n) is 5.36.